The molecule has 1 aromatic rings. The summed E-state index contributed by atoms with van der Waals surface area (Å²) in [6.07, 6.45) is 1.45. The van der Waals surface area contributed by atoms with Crippen molar-refractivity contribution in [3.8, 4) is 0 Å². The molecule has 0 amide bonds. The van der Waals surface area contributed by atoms with Crippen LogP contribution in [0.3, 0.4) is 0 Å². The van der Waals surface area contributed by atoms with Gasteiger partial charge in [0, 0.05) is 25.2 Å². The van der Waals surface area contributed by atoms with Gasteiger partial charge in [-0.05, 0) is 24.8 Å². The van der Waals surface area contributed by atoms with Gasteiger partial charge in [0.15, 0.2) is 0 Å². The molecule has 1 saturated heterocycles. The van der Waals surface area contributed by atoms with E-state index in [4.69, 9.17) is 0 Å². The molecule has 0 saturated carbocycles. The van der Waals surface area contributed by atoms with Crippen LogP contribution in [0.5, 0.6) is 0 Å². The van der Waals surface area contributed by atoms with Crippen molar-refractivity contribution < 1.29 is 23.2 Å². The molecule has 0 unspecified atom stereocenters. The first-order valence-corrected chi connectivity index (χ1v) is 9.36. The van der Waals surface area contributed by atoms with Gasteiger partial charge in [0.05, 0.1) is 10.6 Å². The maximum absolute atomic E-state index is 12.9. The molecule has 1 fully saturated rings. The van der Waals surface area contributed by atoms with Crippen molar-refractivity contribution in [2.75, 3.05) is 18.4 Å². The van der Waals surface area contributed by atoms with E-state index in [9.17, 15) is 28.4 Å². The smallest absolute Gasteiger partial charge is 0.326 e. The number of anilines is 1. The number of rotatable bonds is 7. The van der Waals surface area contributed by atoms with Gasteiger partial charge in [-0.3, -0.25) is 10.1 Å². The Hall–Kier alpha value is -2.20. The number of nitro benzene ring substituents is 1. The lowest BCUT2D eigenvalue weighted by Crippen LogP contribution is -2.35. The zero-order chi connectivity index (χ0) is 18.8. The maximum Gasteiger partial charge on any atom is 0.326 e. The summed E-state index contributed by atoms with van der Waals surface area (Å²) in [5.74, 6) is -1.44. The fourth-order valence-corrected chi connectivity index (χ4v) is 4.40. The van der Waals surface area contributed by atoms with Gasteiger partial charge < -0.3 is 10.4 Å². The molecule has 0 aromatic heterocycles. The highest BCUT2D eigenvalue weighted by molar-refractivity contribution is 7.89. The van der Waals surface area contributed by atoms with E-state index in [0.717, 1.165) is 25.0 Å². The van der Waals surface area contributed by atoms with Gasteiger partial charge >= 0.3 is 5.97 Å². The second-order valence-corrected chi connectivity index (χ2v) is 8.16. The third kappa shape index (κ3) is 4.07. The lowest BCUT2D eigenvalue weighted by Gasteiger charge is -2.23. The van der Waals surface area contributed by atoms with Crippen molar-refractivity contribution in [3.63, 3.8) is 0 Å². The van der Waals surface area contributed by atoms with E-state index in [1.165, 1.54) is 10.4 Å². The minimum Gasteiger partial charge on any atom is -0.480 e. The number of hydrogen-bond donors (Lipinski definition) is 2. The average Bonchev–Trinajstić information content (AvgIpc) is 3.06. The number of nitrogens with one attached hydrogen (secondary N) is 1. The monoisotopic (exact) mass is 371 g/mol. The van der Waals surface area contributed by atoms with Crippen molar-refractivity contribution in [2.24, 2.45) is 5.92 Å². The third-order valence-corrected chi connectivity index (χ3v) is 6.04. The summed E-state index contributed by atoms with van der Waals surface area (Å²) in [5, 5.41) is 23.1. The molecule has 0 radical (unpaired) electrons. The Labute approximate surface area is 145 Å². The topological polar surface area (TPSA) is 130 Å². The minimum absolute atomic E-state index is 0.0543. The summed E-state index contributed by atoms with van der Waals surface area (Å²) in [5.41, 5.74) is -0.307. The quantitative estimate of drug-likeness (QED) is 0.553. The number of aliphatic carboxylic acids is 1. The van der Waals surface area contributed by atoms with Gasteiger partial charge in [-0.25, -0.2) is 13.2 Å². The van der Waals surface area contributed by atoms with E-state index in [1.54, 1.807) is 13.8 Å². The van der Waals surface area contributed by atoms with Crippen LogP contribution in [0.25, 0.3) is 0 Å². The standard InChI is InChI=1S/C15H21N3O6S/c1-10(2)14(15(19)20)16-12-6-5-11(18(21)22)9-13(12)25(23,24)17-7-3-4-8-17/h5-6,9-10,14,16H,3-4,7-8H2,1-2H3,(H,19,20)/t14-/m0/s1. The van der Waals surface area contributed by atoms with Crippen molar-refractivity contribution in [3.05, 3.63) is 28.3 Å². The fourth-order valence-electron chi connectivity index (χ4n) is 2.71. The first-order valence-electron chi connectivity index (χ1n) is 7.92. The van der Waals surface area contributed by atoms with Crippen molar-refractivity contribution in [1.82, 2.24) is 4.31 Å². The van der Waals surface area contributed by atoms with Crippen molar-refractivity contribution >= 4 is 27.4 Å². The van der Waals surface area contributed by atoms with Crippen molar-refractivity contribution in [1.29, 1.82) is 0 Å². The average molecular weight is 371 g/mol. The number of nitro groups is 1. The number of nitrogens with zero attached hydrogens (tertiary/aromatic N) is 2. The summed E-state index contributed by atoms with van der Waals surface area (Å²) < 4.78 is 27.0. The maximum atomic E-state index is 12.9. The van der Waals surface area contributed by atoms with Crippen LogP contribution < -0.4 is 5.32 Å². The zero-order valence-electron chi connectivity index (χ0n) is 14.0. The molecular formula is C15H21N3O6S. The fraction of sp³-hybridized carbons (Fsp3) is 0.533. The van der Waals surface area contributed by atoms with E-state index >= 15 is 0 Å². The number of sulfonamides is 1. The van der Waals surface area contributed by atoms with Crippen LogP contribution in [-0.4, -0.2) is 47.9 Å². The molecule has 1 heterocycles. The SMILES string of the molecule is CC(C)[C@H](Nc1ccc([N+](=O)[O-])cc1S(=O)(=O)N1CCCC1)C(=O)O. The second-order valence-electron chi connectivity index (χ2n) is 6.25. The van der Waals surface area contributed by atoms with Gasteiger partial charge in [-0.1, -0.05) is 13.8 Å². The molecule has 25 heavy (non-hydrogen) atoms. The van der Waals surface area contributed by atoms with Crippen LogP contribution in [-0.2, 0) is 14.8 Å². The molecule has 0 bridgehead atoms. The van der Waals surface area contributed by atoms with Crippen LogP contribution in [0.4, 0.5) is 11.4 Å². The Balaban J connectivity index is 2.52. The lowest BCUT2D eigenvalue weighted by molar-refractivity contribution is -0.385. The minimum atomic E-state index is -3.95. The Morgan fingerprint density at radius 1 is 1.32 bits per heavy atom. The highest BCUT2D eigenvalue weighted by atomic mass is 32.2. The summed E-state index contributed by atoms with van der Waals surface area (Å²) >= 11 is 0. The molecule has 138 valence electrons. The molecule has 9 nitrogen and oxygen atoms in total. The number of carbonyl (C=O) groups is 1. The number of carboxylic acid groups (broad SMARTS) is 1. The molecule has 2 N–H and O–H groups in total. The molecule has 1 atom stereocenters. The molecule has 1 aromatic carbocycles. The number of hydrogen-bond acceptors (Lipinski definition) is 6. The summed E-state index contributed by atoms with van der Waals surface area (Å²) in [6, 6.07) is 2.37. The Morgan fingerprint density at radius 2 is 1.92 bits per heavy atom. The van der Waals surface area contributed by atoms with Crippen molar-refractivity contribution in [2.45, 2.75) is 37.6 Å². The normalized spacial score (nSPS) is 16.8. The molecule has 0 aliphatic carbocycles. The van der Waals surface area contributed by atoms with Gasteiger partial charge in [0.25, 0.3) is 5.69 Å². The van der Waals surface area contributed by atoms with Gasteiger partial charge in [0.2, 0.25) is 10.0 Å². The lowest BCUT2D eigenvalue weighted by atomic mass is 10.0. The first-order chi connectivity index (χ1) is 11.6. The Bertz CT molecular complexity index is 771. The molecule has 10 heteroatoms. The first kappa shape index (κ1) is 19.1. The van der Waals surface area contributed by atoms with E-state index in [1.807, 2.05) is 0 Å². The predicted octanol–water partition coefficient (Wildman–Crippen LogP) is 1.90. The summed E-state index contributed by atoms with van der Waals surface area (Å²) in [4.78, 5) is 21.5. The molecular weight excluding hydrogens is 350 g/mol. The predicted molar refractivity (Wildman–Crippen MR) is 91.0 cm³/mol. The van der Waals surface area contributed by atoms with Gasteiger partial charge in [0.1, 0.15) is 10.9 Å². The van der Waals surface area contributed by atoms with E-state index in [0.29, 0.717) is 13.1 Å². The van der Waals surface area contributed by atoms with Gasteiger partial charge in [-0.15, -0.1) is 0 Å². The van der Waals surface area contributed by atoms with E-state index in [2.05, 4.69) is 5.32 Å². The Kier molecular flexibility index (Phi) is 5.63. The third-order valence-electron chi connectivity index (χ3n) is 4.10. The highest BCUT2D eigenvalue weighted by Crippen LogP contribution is 2.31. The number of non-ortho nitro benzene ring substituents is 1. The number of benzene rings is 1. The van der Waals surface area contributed by atoms with Gasteiger partial charge in [-0.2, -0.15) is 4.31 Å². The molecule has 1 aliphatic heterocycles. The zero-order valence-corrected chi connectivity index (χ0v) is 14.8. The Morgan fingerprint density at radius 3 is 2.40 bits per heavy atom. The van der Waals surface area contributed by atoms with Crippen LogP contribution in [0.15, 0.2) is 23.1 Å². The number of carboxylic acids is 1. The largest absolute Gasteiger partial charge is 0.480 e. The highest BCUT2D eigenvalue weighted by Gasteiger charge is 2.32. The van der Waals surface area contributed by atoms with E-state index in [-0.39, 0.29) is 22.2 Å². The summed E-state index contributed by atoms with van der Waals surface area (Å²) in [7, 11) is -3.95. The van der Waals surface area contributed by atoms with Crippen LogP contribution in [0.2, 0.25) is 0 Å². The molecule has 2 rings (SSSR count). The molecule has 0 spiro atoms. The second kappa shape index (κ2) is 7.36. The molecule has 1 aliphatic rings. The van der Waals surface area contributed by atoms with Crippen LogP contribution >= 0.6 is 0 Å². The van der Waals surface area contributed by atoms with Crippen LogP contribution in [0.1, 0.15) is 26.7 Å². The van der Waals surface area contributed by atoms with E-state index < -0.39 is 27.0 Å². The van der Waals surface area contributed by atoms with Crippen LogP contribution in [0, 0.1) is 16.0 Å². The summed E-state index contributed by atoms with van der Waals surface area (Å²) in [6.45, 7) is 4.06.